The van der Waals surface area contributed by atoms with E-state index in [1.54, 1.807) is 0 Å². The molecule has 3 rings (SSSR count). The zero-order valence-electron chi connectivity index (χ0n) is 12.8. The van der Waals surface area contributed by atoms with Crippen LogP contribution in [0.1, 0.15) is 5.56 Å². The van der Waals surface area contributed by atoms with Crippen molar-refractivity contribution in [1.29, 1.82) is 0 Å². The number of ether oxygens (including phenoxy) is 1. The van der Waals surface area contributed by atoms with Crippen molar-refractivity contribution in [2.45, 2.75) is 13.0 Å². The predicted octanol–water partition coefficient (Wildman–Crippen LogP) is 1.29. The number of carbonyl (C=O) groups is 1. The Bertz CT molecular complexity index is 538. The summed E-state index contributed by atoms with van der Waals surface area (Å²) in [6.07, 6.45) is -0.326. The van der Waals surface area contributed by atoms with Crippen molar-refractivity contribution in [2.75, 3.05) is 50.8 Å². The Morgan fingerprint density at radius 3 is 2.77 bits per heavy atom. The van der Waals surface area contributed by atoms with Gasteiger partial charge in [0, 0.05) is 50.0 Å². The maximum absolute atomic E-state index is 12.4. The normalized spacial score (nSPS) is 22.7. The number of nitrogens with one attached hydrogen (secondary N) is 1. The predicted molar refractivity (Wildman–Crippen MR) is 87.6 cm³/mol. The van der Waals surface area contributed by atoms with Crippen molar-refractivity contribution in [3.05, 3.63) is 28.8 Å². The molecule has 1 N–H and O–H groups in total. The average Bonchev–Trinajstić information content (AvgIpc) is 2.57. The summed E-state index contributed by atoms with van der Waals surface area (Å²) in [6.45, 7) is 7.25. The minimum atomic E-state index is -0.326. The molecule has 0 radical (unpaired) electrons. The van der Waals surface area contributed by atoms with E-state index in [4.69, 9.17) is 16.3 Å². The van der Waals surface area contributed by atoms with Crippen LogP contribution >= 0.6 is 11.6 Å². The number of aryl methyl sites for hydroxylation is 1. The second-order valence-corrected chi connectivity index (χ2v) is 6.24. The van der Waals surface area contributed by atoms with Crippen LogP contribution in [0.25, 0.3) is 0 Å². The number of halogens is 1. The molecule has 0 aromatic heterocycles. The smallest absolute Gasteiger partial charge is 0.253 e. The van der Waals surface area contributed by atoms with Gasteiger partial charge in [0.2, 0.25) is 0 Å². The van der Waals surface area contributed by atoms with Crippen LogP contribution in [0.2, 0.25) is 5.02 Å². The maximum Gasteiger partial charge on any atom is 0.253 e. The Labute approximate surface area is 136 Å². The van der Waals surface area contributed by atoms with Gasteiger partial charge in [-0.25, -0.2) is 0 Å². The Morgan fingerprint density at radius 1 is 1.32 bits per heavy atom. The van der Waals surface area contributed by atoms with Crippen molar-refractivity contribution in [3.8, 4) is 0 Å². The first-order valence-electron chi connectivity index (χ1n) is 7.77. The SMILES string of the molecule is Cc1ccc(Cl)cc1N1CCN(C(=O)C2CNCCO2)CC1. The van der Waals surface area contributed by atoms with Crippen LogP contribution < -0.4 is 10.2 Å². The summed E-state index contributed by atoms with van der Waals surface area (Å²) in [6, 6.07) is 5.95. The Morgan fingerprint density at radius 2 is 2.09 bits per heavy atom. The molecule has 2 saturated heterocycles. The summed E-state index contributed by atoms with van der Waals surface area (Å²) < 4.78 is 5.55. The summed E-state index contributed by atoms with van der Waals surface area (Å²) in [5, 5.41) is 3.96. The largest absolute Gasteiger partial charge is 0.368 e. The molecule has 1 atom stereocenters. The van der Waals surface area contributed by atoms with Gasteiger partial charge in [0.25, 0.3) is 5.91 Å². The van der Waals surface area contributed by atoms with Crippen molar-refractivity contribution < 1.29 is 9.53 Å². The van der Waals surface area contributed by atoms with E-state index in [1.165, 1.54) is 5.56 Å². The van der Waals surface area contributed by atoms with Crippen molar-refractivity contribution >= 4 is 23.2 Å². The molecule has 2 heterocycles. The summed E-state index contributed by atoms with van der Waals surface area (Å²) in [4.78, 5) is 16.6. The number of nitrogens with zero attached hydrogens (tertiary/aromatic N) is 2. The Hall–Kier alpha value is -1.30. The maximum atomic E-state index is 12.4. The van der Waals surface area contributed by atoms with Crippen LogP contribution in [-0.2, 0) is 9.53 Å². The van der Waals surface area contributed by atoms with Crippen molar-refractivity contribution in [1.82, 2.24) is 10.2 Å². The third kappa shape index (κ3) is 3.37. The average molecular weight is 324 g/mol. The van der Waals surface area contributed by atoms with Gasteiger partial charge in [0.05, 0.1) is 6.61 Å². The number of anilines is 1. The molecule has 1 amide bonds. The highest BCUT2D eigenvalue weighted by Gasteiger charge is 2.29. The summed E-state index contributed by atoms with van der Waals surface area (Å²) in [5.74, 6) is 0.106. The molecule has 5 nitrogen and oxygen atoms in total. The molecule has 2 fully saturated rings. The van der Waals surface area contributed by atoms with Crippen LogP contribution in [0.15, 0.2) is 18.2 Å². The first-order chi connectivity index (χ1) is 10.6. The lowest BCUT2D eigenvalue weighted by Gasteiger charge is -2.38. The number of carbonyl (C=O) groups excluding carboxylic acids is 1. The molecule has 1 unspecified atom stereocenters. The number of hydrogen-bond donors (Lipinski definition) is 1. The molecule has 0 bridgehead atoms. The van der Waals surface area contributed by atoms with Gasteiger partial charge in [-0.05, 0) is 24.6 Å². The fraction of sp³-hybridized carbons (Fsp3) is 0.562. The molecule has 2 aliphatic heterocycles. The fourth-order valence-electron chi connectivity index (χ4n) is 3.02. The number of benzene rings is 1. The van der Waals surface area contributed by atoms with Gasteiger partial charge in [-0.2, -0.15) is 0 Å². The summed E-state index contributed by atoms with van der Waals surface area (Å²) >= 11 is 6.10. The van der Waals surface area contributed by atoms with Crippen molar-refractivity contribution in [2.24, 2.45) is 0 Å². The topological polar surface area (TPSA) is 44.8 Å². The van der Waals surface area contributed by atoms with E-state index in [0.717, 1.165) is 43.4 Å². The number of hydrogen-bond acceptors (Lipinski definition) is 4. The molecule has 1 aromatic carbocycles. The van der Waals surface area contributed by atoms with Gasteiger partial charge < -0.3 is 19.9 Å². The third-order valence-corrected chi connectivity index (χ3v) is 4.54. The van der Waals surface area contributed by atoms with E-state index in [-0.39, 0.29) is 12.0 Å². The second kappa shape index (κ2) is 6.86. The standard InChI is InChI=1S/C16H22ClN3O2/c1-12-2-3-13(17)10-14(12)19-5-7-20(8-6-19)16(21)15-11-18-4-9-22-15/h2-3,10,15,18H,4-9,11H2,1H3. The lowest BCUT2D eigenvalue weighted by Crippen LogP contribution is -2.55. The second-order valence-electron chi connectivity index (χ2n) is 5.81. The molecular weight excluding hydrogens is 302 g/mol. The van der Waals surface area contributed by atoms with E-state index in [1.807, 2.05) is 23.1 Å². The molecule has 1 aromatic rings. The summed E-state index contributed by atoms with van der Waals surface area (Å²) in [5.41, 5.74) is 2.37. The van der Waals surface area contributed by atoms with Crippen LogP contribution in [-0.4, -0.2) is 62.8 Å². The molecule has 6 heteroatoms. The Kier molecular flexibility index (Phi) is 4.86. The first kappa shape index (κ1) is 15.6. The number of rotatable bonds is 2. The van der Waals surface area contributed by atoms with E-state index >= 15 is 0 Å². The lowest BCUT2D eigenvalue weighted by molar-refractivity contribution is -0.145. The minimum absolute atomic E-state index is 0.106. The Balaban J connectivity index is 1.60. The number of amides is 1. The number of morpholine rings is 1. The zero-order chi connectivity index (χ0) is 15.5. The molecular formula is C16H22ClN3O2. The summed E-state index contributed by atoms with van der Waals surface area (Å²) in [7, 11) is 0. The van der Waals surface area contributed by atoms with Crippen LogP contribution in [0.3, 0.4) is 0 Å². The number of piperazine rings is 1. The zero-order valence-corrected chi connectivity index (χ0v) is 13.6. The monoisotopic (exact) mass is 323 g/mol. The van der Waals surface area contributed by atoms with E-state index in [0.29, 0.717) is 13.2 Å². The highest BCUT2D eigenvalue weighted by Crippen LogP contribution is 2.25. The lowest BCUT2D eigenvalue weighted by atomic mass is 10.1. The van der Waals surface area contributed by atoms with E-state index in [2.05, 4.69) is 17.1 Å². The van der Waals surface area contributed by atoms with Crippen LogP contribution in [0.5, 0.6) is 0 Å². The van der Waals surface area contributed by atoms with Gasteiger partial charge in [-0.3, -0.25) is 4.79 Å². The molecule has 2 aliphatic rings. The van der Waals surface area contributed by atoms with Gasteiger partial charge in [0.15, 0.2) is 0 Å². The van der Waals surface area contributed by atoms with E-state index < -0.39 is 0 Å². The minimum Gasteiger partial charge on any atom is -0.368 e. The fourth-order valence-corrected chi connectivity index (χ4v) is 3.18. The van der Waals surface area contributed by atoms with Crippen LogP contribution in [0.4, 0.5) is 5.69 Å². The first-order valence-corrected chi connectivity index (χ1v) is 8.15. The highest BCUT2D eigenvalue weighted by atomic mass is 35.5. The van der Waals surface area contributed by atoms with E-state index in [9.17, 15) is 4.79 Å². The quantitative estimate of drug-likeness (QED) is 0.890. The van der Waals surface area contributed by atoms with Crippen molar-refractivity contribution in [3.63, 3.8) is 0 Å². The molecule has 0 aliphatic carbocycles. The third-order valence-electron chi connectivity index (χ3n) is 4.31. The van der Waals surface area contributed by atoms with Gasteiger partial charge in [-0.15, -0.1) is 0 Å². The molecule has 0 saturated carbocycles. The molecule has 120 valence electrons. The highest BCUT2D eigenvalue weighted by molar-refractivity contribution is 6.30. The molecule has 0 spiro atoms. The van der Waals surface area contributed by atoms with Gasteiger partial charge >= 0.3 is 0 Å². The van der Waals surface area contributed by atoms with Gasteiger partial charge in [0.1, 0.15) is 6.10 Å². The van der Waals surface area contributed by atoms with Gasteiger partial charge in [-0.1, -0.05) is 17.7 Å². The molecule has 22 heavy (non-hydrogen) atoms. The van der Waals surface area contributed by atoms with Crippen LogP contribution in [0, 0.1) is 6.92 Å².